The molecule has 2 saturated carbocycles. The van der Waals surface area contributed by atoms with Crippen LogP contribution in [0.25, 0.3) is 5.69 Å². The zero-order chi connectivity index (χ0) is 20.2. The molecule has 2 aliphatic carbocycles. The molecular formula is C22H30N4O3. The topological polar surface area (TPSA) is 91.4 Å². The van der Waals surface area contributed by atoms with Gasteiger partial charge in [-0.1, -0.05) is 24.6 Å². The van der Waals surface area contributed by atoms with Crippen LogP contribution in [0.2, 0.25) is 0 Å². The van der Waals surface area contributed by atoms with Gasteiger partial charge in [-0.15, -0.1) is 0 Å². The first kappa shape index (κ1) is 19.9. The van der Waals surface area contributed by atoms with Crippen LogP contribution in [0.15, 0.2) is 36.5 Å². The molecule has 2 aromatic rings. The number of hydrogen-bond acceptors (Lipinski definition) is 5. The highest BCUT2D eigenvalue weighted by Crippen LogP contribution is 2.40. The van der Waals surface area contributed by atoms with Gasteiger partial charge in [0, 0.05) is 19.2 Å². The second-order valence-electron chi connectivity index (χ2n) is 8.15. The van der Waals surface area contributed by atoms with Crippen LogP contribution >= 0.6 is 0 Å². The van der Waals surface area contributed by atoms with E-state index in [1.165, 1.54) is 6.42 Å². The van der Waals surface area contributed by atoms with Crippen LogP contribution in [0, 0.1) is 11.8 Å². The van der Waals surface area contributed by atoms with Crippen LogP contribution in [-0.4, -0.2) is 48.1 Å². The summed E-state index contributed by atoms with van der Waals surface area (Å²) in [5.74, 6) is 1.21. The van der Waals surface area contributed by atoms with Crippen molar-refractivity contribution < 1.29 is 14.3 Å². The monoisotopic (exact) mass is 398 g/mol. The molecule has 1 aromatic heterocycles. The fraction of sp³-hybridized carbons (Fsp3) is 0.545. The molecule has 2 atom stereocenters. The minimum atomic E-state index is -0.176. The summed E-state index contributed by atoms with van der Waals surface area (Å²) in [4.78, 5) is 13.2. The van der Waals surface area contributed by atoms with Crippen molar-refractivity contribution in [1.29, 1.82) is 0 Å². The lowest BCUT2D eigenvalue weighted by Crippen LogP contribution is -2.53. The van der Waals surface area contributed by atoms with Crippen LogP contribution in [0.1, 0.15) is 42.6 Å². The van der Waals surface area contributed by atoms with E-state index in [4.69, 9.17) is 15.2 Å². The number of carbonyl (C=O) groups is 1. The average Bonchev–Trinajstić information content (AvgIpc) is 3.14. The zero-order valence-corrected chi connectivity index (χ0v) is 16.9. The minimum absolute atomic E-state index is 0.171. The number of hydrogen-bond donors (Lipinski definition) is 2. The molecule has 0 saturated heterocycles. The molecule has 0 spiro atoms. The van der Waals surface area contributed by atoms with E-state index in [0.717, 1.165) is 31.4 Å². The van der Waals surface area contributed by atoms with E-state index in [0.29, 0.717) is 36.5 Å². The normalized spacial score (nSPS) is 26.1. The average molecular weight is 399 g/mol. The van der Waals surface area contributed by atoms with E-state index in [1.807, 2.05) is 30.3 Å². The number of carbonyl (C=O) groups excluding carboxylic acids is 1. The highest BCUT2D eigenvalue weighted by molar-refractivity contribution is 5.95. The van der Waals surface area contributed by atoms with Gasteiger partial charge >= 0.3 is 0 Å². The number of methoxy groups -OCH3 is 1. The molecule has 2 aliphatic rings. The highest BCUT2D eigenvalue weighted by atomic mass is 16.5. The third-order valence-electron chi connectivity index (χ3n) is 6.14. The summed E-state index contributed by atoms with van der Waals surface area (Å²) in [6.45, 7) is 0.809. The lowest BCUT2D eigenvalue weighted by molar-refractivity contribution is 0.0746. The van der Waals surface area contributed by atoms with Crippen LogP contribution in [0.5, 0.6) is 5.75 Å². The number of fused-ring (bicyclic) bond motifs is 2. The van der Waals surface area contributed by atoms with Crippen molar-refractivity contribution in [2.45, 2.75) is 44.2 Å². The summed E-state index contributed by atoms with van der Waals surface area (Å²) in [7, 11) is 1.62. The number of ether oxygens (including phenoxy) is 2. The van der Waals surface area contributed by atoms with Gasteiger partial charge in [0.1, 0.15) is 6.61 Å². The Balaban J connectivity index is 1.55. The summed E-state index contributed by atoms with van der Waals surface area (Å²) >= 11 is 0. The van der Waals surface area contributed by atoms with Crippen molar-refractivity contribution >= 4 is 5.91 Å². The highest BCUT2D eigenvalue weighted by Gasteiger charge is 2.40. The fourth-order valence-corrected chi connectivity index (χ4v) is 4.81. The SMILES string of the molecule is COCCOc1cn(-c2ccccc2)nc1C(=O)NC1C2CCCC1CC(N)C2. The zero-order valence-electron chi connectivity index (χ0n) is 16.9. The summed E-state index contributed by atoms with van der Waals surface area (Å²) < 4.78 is 12.6. The van der Waals surface area contributed by atoms with Gasteiger partial charge in [-0.05, 0) is 49.7 Å². The summed E-state index contributed by atoms with van der Waals surface area (Å²) in [6.07, 6.45) is 7.21. The molecule has 2 unspecified atom stereocenters. The predicted octanol–water partition coefficient (Wildman–Crippen LogP) is 2.53. The van der Waals surface area contributed by atoms with Gasteiger partial charge < -0.3 is 20.5 Å². The van der Waals surface area contributed by atoms with E-state index in [9.17, 15) is 4.79 Å². The molecule has 4 rings (SSSR count). The maximum absolute atomic E-state index is 13.2. The number of nitrogens with two attached hydrogens (primary N) is 1. The molecule has 7 nitrogen and oxygen atoms in total. The lowest BCUT2D eigenvalue weighted by Gasteiger charge is -2.45. The molecule has 1 heterocycles. The molecular weight excluding hydrogens is 368 g/mol. The Labute approximate surface area is 171 Å². The predicted molar refractivity (Wildman–Crippen MR) is 110 cm³/mol. The van der Waals surface area contributed by atoms with Crippen LogP contribution in [-0.2, 0) is 4.74 Å². The molecule has 0 aliphatic heterocycles. The maximum atomic E-state index is 13.2. The molecule has 0 radical (unpaired) electrons. The third-order valence-corrected chi connectivity index (χ3v) is 6.14. The summed E-state index contributed by atoms with van der Waals surface area (Å²) in [5.41, 5.74) is 7.42. The Hall–Kier alpha value is -2.38. The Morgan fingerprint density at radius 3 is 2.62 bits per heavy atom. The van der Waals surface area contributed by atoms with E-state index in [1.54, 1.807) is 18.0 Å². The van der Waals surface area contributed by atoms with E-state index in [2.05, 4.69) is 10.4 Å². The van der Waals surface area contributed by atoms with Gasteiger partial charge in [0.2, 0.25) is 0 Å². The van der Waals surface area contributed by atoms with Gasteiger partial charge in [0.05, 0.1) is 18.5 Å². The molecule has 2 fully saturated rings. The second-order valence-corrected chi connectivity index (χ2v) is 8.15. The fourth-order valence-electron chi connectivity index (χ4n) is 4.81. The second kappa shape index (κ2) is 8.97. The van der Waals surface area contributed by atoms with Gasteiger partial charge in [-0.2, -0.15) is 5.10 Å². The number of para-hydroxylation sites is 1. The van der Waals surface area contributed by atoms with Crippen LogP contribution in [0.3, 0.4) is 0 Å². The Morgan fingerprint density at radius 1 is 1.21 bits per heavy atom. The number of benzene rings is 1. The van der Waals surface area contributed by atoms with Crippen molar-refractivity contribution in [3.8, 4) is 11.4 Å². The number of nitrogens with zero attached hydrogens (tertiary/aromatic N) is 2. The Morgan fingerprint density at radius 2 is 1.93 bits per heavy atom. The van der Waals surface area contributed by atoms with Gasteiger partial charge in [0.25, 0.3) is 5.91 Å². The number of amides is 1. The standard InChI is InChI=1S/C22H30N4O3/c1-28-10-11-29-19-14-26(18-8-3-2-4-9-18)25-21(19)22(27)24-20-15-6-5-7-16(20)13-17(23)12-15/h2-4,8-9,14-17,20H,5-7,10-13,23H2,1H3,(H,24,27). The molecule has 29 heavy (non-hydrogen) atoms. The molecule has 1 amide bonds. The van der Waals surface area contributed by atoms with Crippen molar-refractivity contribution in [2.75, 3.05) is 20.3 Å². The van der Waals surface area contributed by atoms with Crippen LogP contribution < -0.4 is 15.8 Å². The minimum Gasteiger partial charge on any atom is -0.487 e. The third kappa shape index (κ3) is 4.46. The number of aromatic nitrogens is 2. The molecule has 7 heteroatoms. The smallest absolute Gasteiger partial charge is 0.275 e. The Kier molecular flexibility index (Phi) is 6.16. The molecule has 3 N–H and O–H groups in total. The van der Waals surface area contributed by atoms with E-state index in [-0.39, 0.29) is 18.0 Å². The Bertz CT molecular complexity index is 809. The van der Waals surface area contributed by atoms with Crippen LogP contribution in [0.4, 0.5) is 0 Å². The van der Waals surface area contributed by atoms with Crippen molar-refractivity contribution in [3.05, 3.63) is 42.2 Å². The largest absolute Gasteiger partial charge is 0.487 e. The van der Waals surface area contributed by atoms with Crippen molar-refractivity contribution in [1.82, 2.24) is 15.1 Å². The first-order chi connectivity index (χ1) is 14.2. The molecule has 2 bridgehead atoms. The van der Waals surface area contributed by atoms with E-state index >= 15 is 0 Å². The van der Waals surface area contributed by atoms with Crippen molar-refractivity contribution in [2.24, 2.45) is 17.6 Å². The van der Waals surface area contributed by atoms with Crippen molar-refractivity contribution in [3.63, 3.8) is 0 Å². The lowest BCUT2D eigenvalue weighted by atomic mass is 9.67. The number of nitrogens with one attached hydrogen (secondary N) is 1. The quantitative estimate of drug-likeness (QED) is 0.700. The van der Waals surface area contributed by atoms with Gasteiger partial charge in [0.15, 0.2) is 11.4 Å². The molecule has 156 valence electrons. The van der Waals surface area contributed by atoms with Gasteiger partial charge in [-0.25, -0.2) is 4.68 Å². The maximum Gasteiger partial charge on any atom is 0.275 e. The van der Waals surface area contributed by atoms with Gasteiger partial charge in [-0.3, -0.25) is 4.79 Å². The first-order valence-corrected chi connectivity index (χ1v) is 10.5. The summed E-state index contributed by atoms with van der Waals surface area (Å²) in [6, 6.07) is 10.1. The van der Waals surface area contributed by atoms with E-state index < -0.39 is 0 Å². The molecule has 1 aromatic carbocycles. The summed E-state index contributed by atoms with van der Waals surface area (Å²) in [5, 5.41) is 7.82. The number of rotatable bonds is 7. The first-order valence-electron chi connectivity index (χ1n) is 10.5.